The Morgan fingerprint density at radius 1 is 0.972 bits per heavy atom. The fourth-order valence-electron chi connectivity index (χ4n) is 4.47. The van der Waals surface area contributed by atoms with Crippen molar-refractivity contribution in [2.24, 2.45) is 5.92 Å². The zero-order chi connectivity index (χ0) is 26.1. The molecule has 194 valence electrons. The lowest BCUT2D eigenvalue weighted by Gasteiger charge is -2.24. The summed E-state index contributed by atoms with van der Waals surface area (Å²) in [6, 6.07) is 17.3. The molecule has 0 bridgehead atoms. The molecule has 0 spiro atoms. The maximum atomic E-state index is 12.5. The summed E-state index contributed by atoms with van der Waals surface area (Å²) in [5.41, 5.74) is 1.96. The minimum Gasteiger partial charge on any atom is -0.444 e. The molecular formula is C28H38N4O4. The van der Waals surface area contributed by atoms with Crippen LogP contribution in [0.1, 0.15) is 52.5 Å². The highest BCUT2D eigenvalue weighted by Gasteiger charge is 2.34. The Labute approximate surface area is 213 Å². The lowest BCUT2D eigenvalue weighted by molar-refractivity contribution is -0.116. The number of anilines is 2. The number of rotatable bonds is 9. The van der Waals surface area contributed by atoms with Gasteiger partial charge < -0.3 is 20.7 Å². The van der Waals surface area contributed by atoms with E-state index in [-0.39, 0.29) is 23.8 Å². The van der Waals surface area contributed by atoms with Crippen molar-refractivity contribution in [2.45, 2.75) is 65.1 Å². The van der Waals surface area contributed by atoms with Crippen LogP contribution < -0.4 is 16.0 Å². The van der Waals surface area contributed by atoms with E-state index in [1.807, 2.05) is 39.0 Å². The maximum absolute atomic E-state index is 12.5. The van der Waals surface area contributed by atoms with Gasteiger partial charge in [0.2, 0.25) is 11.8 Å². The van der Waals surface area contributed by atoms with Crippen LogP contribution in [0.5, 0.6) is 0 Å². The molecule has 0 aromatic heterocycles. The van der Waals surface area contributed by atoms with Gasteiger partial charge in [-0.1, -0.05) is 36.4 Å². The van der Waals surface area contributed by atoms with Gasteiger partial charge in [0.25, 0.3) is 0 Å². The van der Waals surface area contributed by atoms with Gasteiger partial charge in [-0.25, -0.2) is 4.79 Å². The highest BCUT2D eigenvalue weighted by Crippen LogP contribution is 2.25. The molecule has 3 N–H and O–H groups in total. The molecule has 3 amide bonds. The van der Waals surface area contributed by atoms with Crippen LogP contribution in [0.2, 0.25) is 0 Å². The first kappa shape index (κ1) is 27.2. The lowest BCUT2D eigenvalue weighted by Crippen LogP contribution is -2.43. The van der Waals surface area contributed by atoms with E-state index in [4.69, 9.17) is 4.74 Å². The average Bonchev–Trinajstić information content (AvgIpc) is 3.13. The van der Waals surface area contributed by atoms with Gasteiger partial charge in [0.15, 0.2) is 0 Å². The van der Waals surface area contributed by atoms with E-state index in [9.17, 15) is 14.4 Å². The molecule has 2 aromatic rings. The van der Waals surface area contributed by atoms with Crippen molar-refractivity contribution in [3.63, 3.8) is 0 Å². The second kappa shape index (κ2) is 12.5. The number of alkyl carbamates (subject to hydrolysis) is 1. The number of amides is 3. The summed E-state index contributed by atoms with van der Waals surface area (Å²) < 4.78 is 5.49. The largest absolute Gasteiger partial charge is 0.444 e. The third-order valence-electron chi connectivity index (χ3n) is 5.91. The number of carbonyl (C=O) groups excluding carboxylic acids is 3. The van der Waals surface area contributed by atoms with Gasteiger partial charge in [0.1, 0.15) is 5.60 Å². The molecule has 8 heteroatoms. The monoisotopic (exact) mass is 494 g/mol. The van der Waals surface area contributed by atoms with E-state index in [1.165, 1.54) is 12.5 Å². The summed E-state index contributed by atoms with van der Waals surface area (Å²) in [5, 5.41) is 8.68. The van der Waals surface area contributed by atoms with Gasteiger partial charge in [0, 0.05) is 50.4 Å². The minimum atomic E-state index is -0.558. The minimum absolute atomic E-state index is 0.0408. The van der Waals surface area contributed by atoms with Gasteiger partial charge in [-0.05, 0) is 63.3 Å². The molecule has 1 aliphatic heterocycles. The van der Waals surface area contributed by atoms with E-state index in [1.54, 1.807) is 24.3 Å². The summed E-state index contributed by atoms with van der Waals surface area (Å²) in [4.78, 5) is 38.6. The van der Waals surface area contributed by atoms with Crippen LogP contribution in [0.15, 0.2) is 54.6 Å². The van der Waals surface area contributed by atoms with E-state index in [2.05, 4.69) is 33.0 Å². The summed E-state index contributed by atoms with van der Waals surface area (Å²) in [6.45, 7) is 9.40. The topological polar surface area (TPSA) is 99.8 Å². The summed E-state index contributed by atoms with van der Waals surface area (Å²) in [6.07, 6.45) is 1.48. The molecule has 1 fully saturated rings. The maximum Gasteiger partial charge on any atom is 0.407 e. The molecule has 2 atom stereocenters. The van der Waals surface area contributed by atoms with Crippen molar-refractivity contribution >= 4 is 29.3 Å². The number of benzene rings is 2. The Morgan fingerprint density at radius 3 is 2.33 bits per heavy atom. The van der Waals surface area contributed by atoms with Crippen LogP contribution in [0.3, 0.4) is 0 Å². The van der Waals surface area contributed by atoms with Crippen LogP contribution in [0, 0.1) is 5.92 Å². The van der Waals surface area contributed by atoms with Crippen molar-refractivity contribution in [1.82, 2.24) is 10.2 Å². The fourth-order valence-corrected chi connectivity index (χ4v) is 4.47. The molecule has 8 nitrogen and oxygen atoms in total. The normalized spacial score (nSPS) is 17.9. The predicted octanol–water partition coefficient (Wildman–Crippen LogP) is 4.78. The number of nitrogens with zero attached hydrogens (tertiary/aromatic N) is 1. The van der Waals surface area contributed by atoms with Crippen molar-refractivity contribution in [3.05, 3.63) is 60.2 Å². The van der Waals surface area contributed by atoms with E-state index in [0.717, 1.165) is 26.1 Å². The van der Waals surface area contributed by atoms with Crippen molar-refractivity contribution in [1.29, 1.82) is 0 Å². The molecular weight excluding hydrogens is 456 g/mol. The van der Waals surface area contributed by atoms with Crippen LogP contribution >= 0.6 is 0 Å². The standard InChI is InChI=1S/C28H38N4O4/c1-20(33)29-23-13-9-14-24(16-23)30-26(34)15-8-12-22-18-32(17-21-10-6-5-7-11-21)19-25(22)31-27(35)36-28(2,3)4/h5-7,9-11,13-14,16,22,25H,8,12,15,17-19H2,1-4H3,(H,29,33)(H,30,34)(H,31,35)/t22-,25+/m1/s1. The van der Waals surface area contributed by atoms with E-state index < -0.39 is 11.7 Å². The van der Waals surface area contributed by atoms with Crippen LogP contribution in [0.25, 0.3) is 0 Å². The quantitative estimate of drug-likeness (QED) is 0.466. The van der Waals surface area contributed by atoms with Crippen LogP contribution in [0.4, 0.5) is 16.2 Å². The molecule has 0 unspecified atom stereocenters. The number of nitrogens with one attached hydrogen (secondary N) is 3. The SMILES string of the molecule is CC(=O)Nc1cccc(NC(=O)CCC[C@@H]2CN(Cc3ccccc3)C[C@@H]2NC(=O)OC(C)(C)C)c1. The first-order valence-electron chi connectivity index (χ1n) is 12.5. The second-order valence-electron chi connectivity index (χ2n) is 10.4. The number of hydrogen-bond acceptors (Lipinski definition) is 5. The smallest absolute Gasteiger partial charge is 0.407 e. The zero-order valence-electron chi connectivity index (χ0n) is 21.7. The molecule has 0 radical (unpaired) electrons. The Balaban J connectivity index is 1.54. The van der Waals surface area contributed by atoms with Crippen LogP contribution in [-0.2, 0) is 20.9 Å². The van der Waals surface area contributed by atoms with Crippen molar-refractivity contribution in [2.75, 3.05) is 23.7 Å². The van der Waals surface area contributed by atoms with Gasteiger partial charge in [0.05, 0.1) is 0 Å². The molecule has 2 aromatic carbocycles. The highest BCUT2D eigenvalue weighted by molar-refractivity contribution is 5.93. The first-order valence-corrected chi connectivity index (χ1v) is 12.5. The molecule has 1 aliphatic rings. The van der Waals surface area contributed by atoms with E-state index >= 15 is 0 Å². The van der Waals surface area contributed by atoms with Crippen molar-refractivity contribution < 1.29 is 19.1 Å². The summed E-state index contributed by atoms with van der Waals surface area (Å²) in [7, 11) is 0. The molecule has 1 saturated heterocycles. The van der Waals surface area contributed by atoms with Gasteiger partial charge in [-0.3, -0.25) is 14.5 Å². The number of hydrogen-bond donors (Lipinski definition) is 3. The molecule has 0 saturated carbocycles. The highest BCUT2D eigenvalue weighted by atomic mass is 16.6. The fraction of sp³-hybridized carbons (Fsp3) is 0.464. The molecule has 3 rings (SSSR count). The molecule has 36 heavy (non-hydrogen) atoms. The van der Waals surface area contributed by atoms with Gasteiger partial charge >= 0.3 is 6.09 Å². The summed E-state index contributed by atoms with van der Waals surface area (Å²) in [5.74, 6) is -0.0196. The molecule has 0 aliphatic carbocycles. The Kier molecular flexibility index (Phi) is 9.47. The van der Waals surface area contributed by atoms with Gasteiger partial charge in [-0.15, -0.1) is 0 Å². The van der Waals surface area contributed by atoms with Crippen molar-refractivity contribution in [3.8, 4) is 0 Å². The van der Waals surface area contributed by atoms with Gasteiger partial charge in [-0.2, -0.15) is 0 Å². The predicted molar refractivity (Wildman–Crippen MR) is 142 cm³/mol. The third kappa shape index (κ3) is 9.34. The third-order valence-corrected chi connectivity index (χ3v) is 5.91. The molecule has 1 heterocycles. The number of carbonyl (C=O) groups is 3. The Hall–Kier alpha value is -3.39. The first-order chi connectivity index (χ1) is 17.1. The summed E-state index contributed by atoms with van der Waals surface area (Å²) >= 11 is 0. The number of likely N-dealkylation sites (tertiary alicyclic amines) is 1. The second-order valence-corrected chi connectivity index (χ2v) is 10.4. The average molecular weight is 495 g/mol. The zero-order valence-corrected chi connectivity index (χ0v) is 21.7. The Morgan fingerprint density at radius 2 is 1.67 bits per heavy atom. The Bertz CT molecular complexity index is 1040. The lowest BCUT2D eigenvalue weighted by atomic mass is 9.97. The van der Waals surface area contributed by atoms with E-state index in [0.29, 0.717) is 24.2 Å². The number of ether oxygens (including phenoxy) is 1. The van der Waals surface area contributed by atoms with Crippen LogP contribution in [-0.4, -0.2) is 47.5 Å².